The van der Waals surface area contributed by atoms with Crippen molar-refractivity contribution in [2.24, 2.45) is 0 Å². The molecule has 0 atom stereocenters. The standard InChI is InChI=1S/C9H7F2NS/c10-9(11)7-4-13-8-2-1-5(12)3-6(7)8/h1-4,9H,12H2. The Balaban J connectivity index is 2.71. The highest BCUT2D eigenvalue weighted by Gasteiger charge is 2.12. The van der Waals surface area contributed by atoms with Crippen LogP contribution < -0.4 is 5.73 Å². The highest BCUT2D eigenvalue weighted by atomic mass is 32.1. The van der Waals surface area contributed by atoms with Gasteiger partial charge in [0, 0.05) is 26.7 Å². The largest absolute Gasteiger partial charge is 0.399 e. The van der Waals surface area contributed by atoms with Gasteiger partial charge in [-0.2, -0.15) is 0 Å². The molecule has 2 N–H and O–H groups in total. The number of benzene rings is 1. The van der Waals surface area contributed by atoms with Crippen LogP contribution in [0.25, 0.3) is 10.1 Å². The van der Waals surface area contributed by atoms with Gasteiger partial charge < -0.3 is 5.73 Å². The number of fused-ring (bicyclic) bond motifs is 1. The lowest BCUT2D eigenvalue weighted by atomic mass is 10.2. The van der Waals surface area contributed by atoms with Crippen molar-refractivity contribution in [3.63, 3.8) is 0 Å². The minimum absolute atomic E-state index is 0.0762. The lowest BCUT2D eigenvalue weighted by Gasteiger charge is -1.97. The topological polar surface area (TPSA) is 26.0 Å². The van der Waals surface area contributed by atoms with Crippen LogP contribution in [0.1, 0.15) is 12.0 Å². The molecule has 0 saturated heterocycles. The predicted molar refractivity (Wildman–Crippen MR) is 51.2 cm³/mol. The molecule has 1 heterocycles. The van der Waals surface area contributed by atoms with Gasteiger partial charge in [-0.15, -0.1) is 11.3 Å². The second-order valence-corrected chi connectivity index (χ2v) is 3.66. The summed E-state index contributed by atoms with van der Waals surface area (Å²) in [6, 6.07) is 5.07. The zero-order valence-electron chi connectivity index (χ0n) is 6.63. The summed E-state index contributed by atoms with van der Waals surface area (Å²) in [5, 5.41) is 2.05. The number of rotatable bonds is 1. The fourth-order valence-corrected chi connectivity index (χ4v) is 2.17. The second-order valence-electron chi connectivity index (χ2n) is 2.75. The maximum Gasteiger partial charge on any atom is 0.265 e. The minimum Gasteiger partial charge on any atom is -0.399 e. The van der Waals surface area contributed by atoms with Gasteiger partial charge in [-0.25, -0.2) is 8.78 Å². The third-order valence-electron chi connectivity index (χ3n) is 1.86. The lowest BCUT2D eigenvalue weighted by molar-refractivity contribution is 0.153. The number of nitrogens with two attached hydrogens (primary N) is 1. The van der Waals surface area contributed by atoms with Crippen LogP contribution in [0.15, 0.2) is 23.6 Å². The summed E-state index contributed by atoms with van der Waals surface area (Å²) in [6.07, 6.45) is -2.42. The Bertz CT molecular complexity index is 436. The zero-order valence-corrected chi connectivity index (χ0v) is 7.44. The number of hydrogen-bond acceptors (Lipinski definition) is 2. The number of anilines is 1. The molecule has 0 bridgehead atoms. The van der Waals surface area contributed by atoms with Crippen molar-refractivity contribution in [2.75, 3.05) is 5.73 Å². The van der Waals surface area contributed by atoms with Gasteiger partial charge >= 0.3 is 0 Å². The molecule has 0 spiro atoms. The van der Waals surface area contributed by atoms with E-state index < -0.39 is 6.43 Å². The van der Waals surface area contributed by atoms with Crippen LogP contribution in [0.5, 0.6) is 0 Å². The molecule has 68 valence electrons. The van der Waals surface area contributed by atoms with Crippen LogP contribution in [0.4, 0.5) is 14.5 Å². The molecule has 0 aliphatic rings. The first-order valence-electron chi connectivity index (χ1n) is 3.73. The van der Waals surface area contributed by atoms with E-state index in [0.717, 1.165) is 4.70 Å². The van der Waals surface area contributed by atoms with Crippen LogP contribution in [0.2, 0.25) is 0 Å². The van der Waals surface area contributed by atoms with Gasteiger partial charge in [0.2, 0.25) is 0 Å². The number of nitrogen functional groups attached to an aromatic ring is 1. The SMILES string of the molecule is Nc1ccc2scc(C(F)F)c2c1. The normalized spacial score (nSPS) is 11.3. The third kappa shape index (κ3) is 1.37. The first-order valence-corrected chi connectivity index (χ1v) is 4.61. The third-order valence-corrected chi connectivity index (χ3v) is 2.84. The van der Waals surface area contributed by atoms with Crippen LogP contribution in [-0.4, -0.2) is 0 Å². The van der Waals surface area contributed by atoms with Crippen LogP contribution in [-0.2, 0) is 0 Å². The smallest absolute Gasteiger partial charge is 0.265 e. The first kappa shape index (κ1) is 8.44. The van der Waals surface area contributed by atoms with Gasteiger partial charge in [-0.1, -0.05) is 0 Å². The zero-order chi connectivity index (χ0) is 9.42. The Morgan fingerprint density at radius 2 is 2.08 bits per heavy atom. The number of alkyl halides is 2. The van der Waals surface area contributed by atoms with Crippen LogP contribution >= 0.6 is 11.3 Å². The van der Waals surface area contributed by atoms with Crippen molar-refractivity contribution in [3.05, 3.63) is 29.1 Å². The molecule has 0 unspecified atom stereocenters. The van der Waals surface area contributed by atoms with Crippen molar-refractivity contribution in [1.82, 2.24) is 0 Å². The maximum atomic E-state index is 12.4. The Kier molecular flexibility index (Phi) is 1.92. The van der Waals surface area contributed by atoms with E-state index in [1.165, 1.54) is 16.7 Å². The number of halogens is 2. The Morgan fingerprint density at radius 3 is 2.77 bits per heavy atom. The molecule has 0 radical (unpaired) electrons. The van der Waals surface area contributed by atoms with Crippen molar-refractivity contribution >= 4 is 27.1 Å². The average molecular weight is 199 g/mol. The van der Waals surface area contributed by atoms with Crippen molar-refractivity contribution in [1.29, 1.82) is 0 Å². The quantitative estimate of drug-likeness (QED) is 0.699. The van der Waals surface area contributed by atoms with Crippen molar-refractivity contribution in [3.8, 4) is 0 Å². The van der Waals surface area contributed by atoms with E-state index >= 15 is 0 Å². The average Bonchev–Trinajstić information content (AvgIpc) is 2.46. The summed E-state index contributed by atoms with van der Waals surface area (Å²) in [6.45, 7) is 0. The first-order chi connectivity index (χ1) is 6.18. The summed E-state index contributed by atoms with van der Waals surface area (Å²) < 4.78 is 25.7. The summed E-state index contributed by atoms with van der Waals surface area (Å²) in [4.78, 5) is 0. The fourth-order valence-electron chi connectivity index (χ4n) is 1.24. The second kappa shape index (κ2) is 2.96. The van der Waals surface area contributed by atoms with Gasteiger partial charge in [0.25, 0.3) is 6.43 Å². The van der Waals surface area contributed by atoms with Gasteiger partial charge in [-0.05, 0) is 18.2 Å². The van der Waals surface area contributed by atoms with Gasteiger partial charge in [0.05, 0.1) is 0 Å². The molecular weight excluding hydrogens is 192 g/mol. The maximum absolute atomic E-state index is 12.4. The van der Waals surface area contributed by atoms with E-state index in [2.05, 4.69) is 0 Å². The Morgan fingerprint density at radius 1 is 1.31 bits per heavy atom. The van der Waals surface area contributed by atoms with Crippen molar-refractivity contribution in [2.45, 2.75) is 6.43 Å². The highest BCUT2D eigenvalue weighted by Crippen LogP contribution is 2.33. The van der Waals surface area contributed by atoms with E-state index in [0.29, 0.717) is 11.1 Å². The fraction of sp³-hybridized carbons (Fsp3) is 0.111. The van der Waals surface area contributed by atoms with Gasteiger partial charge in [-0.3, -0.25) is 0 Å². The summed E-state index contributed by atoms with van der Waals surface area (Å²) in [5.74, 6) is 0. The molecule has 4 heteroatoms. The van der Waals surface area contributed by atoms with Gasteiger partial charge in [0.15, 0.2) is 0 Å². The van der Waals surface area contributed by atoms with E-state index in [9.17, 15) is 8.78 Å². The number of hydrogen-bond donors (Lipinski definition) is 1. The molecule has 1 nitrogen and oxygen atoms in total. The molecule has 1 aromatic carbocycles. The van der Waals surface area contributed by atoms with Crippen molar-refractivity contribution < 1.29 is 8.78 Å². The van der Waals surface area contributed by atoms with E-state index in [-0.39, 0.29) is 5.56 Å². The van der Waals surface area contributed by atoms with E-state index in [1.807, 2.05) is 0 Å². The molecule has 1 aromatic heterocycles. The monoisotopic (exact) mass is 199 g/mol. The molecule has 0 fully saturated rings. The van der Waals surface area contributed by atoms with Gasteiger partial charge in [0.1, 0.15) is 0 Å². The highest BCUT2D eigenvalue weighted by molar-refractivity contribution is 7.17. The van der Waals surface area contributed by atoms with E-state index in [1.54, 1.807) is 18.2 Å². The summed E-state index contributed by atoms with van der Waals surface area (Å²) >= 11 is 1.32. The molecule has 2 rings (SSSR count). The lowest BCUT2D eigenvalue weighted by Crippen LogP contribution is -1.84. The van der Waals surface area contributed by atoms with Crippen LogP contribution in [0.3, 0.4) is 0 Å². The molecule has 0 amide bonds. The molecular formula is C9H7F2NS. The summed E-state index contributed by atoms with van der Waals surface area (Å²) in [5.41, 5.74) is 6.11. The minimum atomic E-state index is -2.42. The van der Waals surface area contributed by atoms with E-state index in [4.69, 9.17) is 5.73 Å². The molecule has 2 aromatic rings. The molecule has 0 aliphatic heterocycles. The summed E-state index contributed by atoms with van der Waals surface area (Å²) in [7, 11) is 0. The molecule has 0 aliphatic carbocycles. The Hall–Kier alpha value is -1.16. The predicted octanol–water partition coefficient (Wildman–Crippen LogP) is 3.42. The molecule has 13 heavy (non-hydrogen) atoms. The molecule has 0 saturated carbocycles. The Labute approximate surface area is 77.8 Å². The van der Waals surface area contributed by atoms with Crippen LogP contribution in [0, 0.1) is 0 Å². The number of thiophene rings is 1.